The number of nitrogens with one attached hydrogen (secondary N) is 3. The monoisotopic (exact) mass is 365 g/mol. The lowest BCUT2D eigenvalue weighted by molar-refractivity contribution is -0.121. The minimum absolute atomic E-state index is 0.111. The van der Waals surface area contributed by atoms with Gasteiger partial charge in [-0.25, -0.2) is 0 Å². The molecule has 0 atom stereocenters. The van der Waals surface area contributed by atoms with Crippen molar-refractivity contribution in [3.8, 4) is 5.75 Å². The summed E-state index contributed by atoms with van der Waals surface area (Å²) in [5.74, 6) is -0.112. The molecule has 1 heterocycles. The van der Waals surface area contributed by atoms with Gasteiger partial charge in [-0.2, -0.15) is 0 Å². The first-order chi connectivity index (χ1) is 10.5. The van der Waals surface area contributed by atoms with Gasteiger partial charge in [0, 0.05) is 16.2 Å². The maximum atomic E-state index is 11.9. The molecule has 0 aliphatic carbocycles. The Morgan fingerprint density at radius 2 is 2.05 bits per heavy atom. The topological polar surface area (TPSA) is 83.2 Å². The number of carbonyl (C=O) groups excluding carboxylic acids is 2. The second-order valence-electron chi connectivity index (χ2n) is 4.73. The summed E-state index contributed by atoms with van der Waals surface area (Å²) >= 11 is 3.23. The van der Waals surface area contributed by atoms with Crippen LogP contribution in [0.1, 0.15) is 21.6 Å². The largest absolute Gasteiger partial charge is 0.496 e. The van der Waals surface area contributed by atoms with Crippen molar-refractivity contribution in [3.63, 3.8) is 0 Å². The fraction of sp³-hybridized carbons (Fsp3) is 0.200. The fourth-order valence-corrected chi connectivity index (χ4v) is 2.30. The van der Waals surface area contributed by atoms with E-state index in [-0.39, 0.29) is 12.3 Å². The third-order valence-corrected chi connectivity index (χ3v) is 3.45. The Bertz CT molecular complexity index is 697. The Labute approximate surface area is 136 Å². The van der Waals surface area contributed by atoms with Gasteiger partial charge < -0.3 is 9.72 Å². The Hall–Kier alpha value is -2.28. The van der Waals surface area contributed by atoms with Crippen molar-refractivity contribution >= 4 is 27.7 Å². The number of halogens is 1. The van der Waals surface area contributed by atoms with E-state index in [1.165, 1.54) is 0 Å². The molecule has 0 aliphatic heterocycles. The van der Waals surface area contributed by atoms with Gasteiger partial charge >= 0.3 is 0 Å². The Balaban J connectivity index is 1.93. The van der Waals surface area contributed by atoms with Crippen LogP contribution in [0.25, 0.3) is 0 Å². The molecule has 0 radical (unpaired) electrons. The molecular weight excluding hydrogens is 350 g/mol. The van der Waals surface area contributed by atoms with Gasteiger partial charge in [0.05, 0.1) is 13.5 Å². The SMILES string of the molecule is COc1ccc(C)cc1CC(=O)NNC(=O)c1cc(Br)c[nH]1. The van der Waals surface area contributed by atoms with E-state index in [4.69, 9.17) is 4.74 Å². The van der Waals surface area contributed by atoms with E-state index in [0.29, 0.717) is 11.4 Å². The molecule has 0 fully saturated rings. The Kier molecular flexibility index (Phi) is 5.21. The third-order valence-electron chi connectivity index (χ3n) is 2.99. The Morgan fingerprint density at radius 3 is 2.68 bits per heavy atom. The first-order valence-electron chi connectivity index (χ1n) is 6.56. The van der Waals surface area contributed by atoms with E-state index in [0.717, 1.165) is 15.6 Å². The van der Waals surface area contributed by atoms with Crippen LogP contribution in [0.2, 0.25) is 0 Å². The van der Waals surface area contributed by atoms with Crippen molar-refractivity contribution in [3.05, 3.63) is 51.8 Å². The maximum Gasteiger partial charge on any atom is 0.286 e. The highest BCUT2D eigenvalue weighted by molar-refractivity contribution is 9.10. The summed E-state index contributed by atoms with van der Waals surface area (Å²) in [4.78, 5) is 26.5. The van der Waals surface area contributed by atoms with Crippen LogP contribution < -0.4 is 15.6 Å². The number of benzene rings is 1. The molecule has 0 unspecified atom stereocenters. The van der Waals surface area contributed by atoms with E-state index < -0.39 is 5.91 Å². The summed E-state index contributed by atoms with van der Waals surface area (Å²) in [5, 5.41) is 0. The number of aromatic amines is 1. The summed E-state index contributed by atoms with van der Waals surface area (Å²) in [6.45, 7) is 1.94. The molecular formula is C15H16BrN3O3. The third kappa shape index (κ3) is 4.11. The number of hydrogen-bond donors (Lipinski definition) is 3. The van der Waals surface area contributed by atoms with Crippen LogP contribution in [0.15, 0.2) is 34.9 Å². The second-order valence-corrected chi connectivity index (χ2v) is 5.64. The normalized spacial score (nSPS) is 10.1. The number of aromatic nitrogens is 1. The van der Waals surface area contributed by atoms with Crippen LogP contribution >= 0.6 is 15.9 Å². The number of methoxy groups -OCH3 is 1. The van der Waals surface area contributed by atoms with Crippen molar-refractivity contribution < 1.29 is 14.3 Å². The average molecular weight is 366 g/mol. The fourth-order valence-electron chi connectivity index (χ4n) is 1.96. The van der Waals surface area contributed by atoms with Crippen LogP contribution in [0, 0.1) is 6.92 Å². The molecule has 2 rings (SSSR count). The van der Waals surface area contributed by atoms with Gasteiger partial charge in [-0.3, -0.25) is 20.4 Å². The van der Waals surface area contributed by atoms with Crippen molar-refractivity contribution in [1.29, 1.82) is 0 Å². The second kappa shape index (κ2) is 7.13. The number of ether oxygens (including phenoxy) is 1. The average Bonchev–Trinajstić information content (AvgIpc) is 2.92. The molecule has 22 heavy (non-hydrogen) atoms. The van der Waals surface area contributed by atoms with Crippen LogP contribution in [0.5, 0.6) is 5.75 Å². The Morgan fingerprint density at radius 1 is 1.27 bits per heavy atom. The van der Waals surface area contributed by atoms with Crippen molar-refractivity contribution in [2.24, 2.45) is 0 Å². The minimum atomic E-state index is -0.421. The molecule has 0 aliphatic rings. The van der Waals surface area contributed by atoms with Crippen LogP contribution in [-0.2, 0) is 11.2 Å². The first-order valence-corrected chi connectivity index (χ1v) is 7.35. The van der Waals surface area contributed by atoms with Gasteiger partial charge in [0.15, 0.2) is 0 Å². The molecule has 0 saturated heterocycles. The molecule has 2 aromatic rings. The summed E-state index contributed by atoms with van der Waals surface area (Å²) < 4.78 is 5.98. The van der Waals surface area contributed by atoms with Crippen molar-refractivity contribution in [2.45, 2.75) is 13.3 Å². The molecule has 2 amide bonds. The predicted octanol–water partition coefficient (Wildman–Crippen LogP) is 2.10. The van der Waals surface area contributed by atoms with Crippen LogP contribution in [-0.4, -0.2) is 23.9 Å². The number of aryl methyl sites for hydroxylation is 1. The number of hydrogen-bond acceptors (Lipinski definition) is 3. The molecule has 116 valence electrons. The van der Waals surface area contributed by atoms with Gasteiger partial charge in [0.1, 0.15) is 11.4 Å². The molecule has 1 aromatic heterocycles. The highest BCUT2D eigenvalue weighted by Gasteiger charge is 2.12. The molecule has 6 nitrogen and oxygen atoms in total. The number of rotatable bonds is 4. The predicted molar refractivity (Wildman–Crippen MR) is 85.5 cm³/mol. The standard InChI is InChI=1S/C15H16BrN3O3/c1-9-3-4-13(22-2)10(5-9)6-14(20)18-19-15(21)12-7-11(16)8-17-12/h3-5,7-8,17H,6H2,1-2H3,(H,18,20)(H,19,21). The van der Waals surface area contributed by atoms with Crippen LogP contribution in [0.3, 0.4) is 0 Å². The van der Waals surface area contributed by atoms with Crippen LogP contribution in [0.4, 0.5) is 0 Å². The van der Waals surface area contributed by atoms with E-state index in [9.17, 15) is 9.59 Å². The lowest BCUT2D eigenvalue weighted by Crippen LogP contribution is -2.42. The van der Waals surface area contributed by atoms with Gasteiger partial charge in [-0.1, -0.05) is 17.7 Å². The molecule has 0 spiro atoms. The summed E-state index contributed by atoms with van der Waals surface area (Å²) in [7, 11) is 1.55. The zero-order chi connectivity index (χ0) is 16.1. The van der Waals surface area contributed by atoms with E-state index in [1.54, 1.807) is 19.4 Å². The quantitative estimate of drug-likeness (QED) is 0.725. The van der Waals surface area contributed by atoms with Crippen molar-refractivity contribution in [1.82, 2.24) is 15.8 Å². The zero-order valence-electron chi connectivity index (χ0n) is 12.2. The zero-order valence-corrected chi connectivity index (χ0v) is 13.8. The number of carbonyl (C=O) groups is 2. The number of H-pyrrole nitrogens is 1. The highest BCUT2D eigenvalue weighted by atomic mass is 79.9. The molecule has 0 saturated carbocycles. The van der Waals surface area contributed by atoms with E-state index in [1.807, 2.05) is 25.1 Å². The highest BCUT2D eigenvalue weighted by Crippen LogP contribution is 2.20. The summed E-state index contributed by atoms with van der Waals surface area (Å²) in [6, 6.07) is 7.21. The smallest absolute Gasteiger partial charge is 0.286 e. The minimum Gasteiger partial charge on any atom is -0.496 e. The number of hydrazine groups is 1. The van der Waals surface area contributed by atoms with Gasteiger partial charge in [-0.05, 0) is 35.0 Å². The van der Waals surface area contributed by atoms with E-state index in [2.05, 4.69) is 31.8 Å². The first kappa shape index (κ1) is 16.1. The summed E-state index contributed by atoms with van der Waals surface area (Å²) in [6.07, 6.45) is 1.74. The molecule has 3 N–H and O–H groups in total. The van der Waals surface area contributed by atoms with Gasteiger partial charge in [0.25, 0.3) is 5.91 Å². The van der Waals surface area contributed by atoms with Gasteiger partial charge in [-0.15, -0.1) is 0 Å². The molecule has 0 bridgehead atoms. The maximum absolute atomic E-state index is 11.9. The molecule has 1 aromatic carbocycles. The summed E-state index contributed by atoms with van der Waals surface area (Å²) in [5.41, 5.74) is 6.87. The lowest BCUT2D eigenvalue weighted by atomic mass is 10.1. The lowest BCUT2D eigenvalue weighted by Gasteiger charge is -2.10. The molecule has 7 heteroatoms. The van der Waals surface area contributed by atoms with E-state index >= 15 is 0 Å². The number of amides is 2. The van der Waals surface area contributed by atoms with Crippen molar-refractivity contribution in [2.75, 3.05) is 7.11 Å². The van der Waals surface area contributed by atoms with Gasteiger partial charge in [0.2, 0.25) is 5.91 Å².